The molecule has 0 saturated heterocycles. The highest BCUT2D eigenvalue weighted by Crippen LogP contribution is 2.28. The average molecular weight is 349 g/mol. The lowest BCUT2D eigenvalue weighted by Crippen LogP contribution is -2.47. The van der Waals surface area contributed by atoms with Gasteiger partial charge in [0.25, 0.3) is 5.91 Å². The molecule has 2 N–H and O–H groups in total. The molecule has 1 fully saturated rings. The van der Waals surface area contributed by atoms with E-state index in [1.807, 2.05) is 13.0 Å². The van der Waals surface area contributed by atoms with Crippen LogP contribution in [0.4, 0.5) is 0 Å². The molecule has 7 nitrogen and oxygen atoms in total. The summed E-state index contributed by atoms with van der Waals surface area (Å²) in [6.07, 6.45) is 1.47. The van der Waals surface area contributed by atoms with Gasteiger partial charge in [-0.2, -0.15) is 0 Å². The van der Waals surface area contributed by atoms with Crippen LogP contribution in [0.1, 0.15) is 35.9 Å². The van der Waals surface area contributed by atoms with E-state index in [1.54, 1.807) is 22.9 Å². The van der Waals surface area contributed by atoms with Crippen molar-refractivity contribution >= 4 is 23.5 Å². The molecule has 1 aromatic carbocycles. The second kappa shape index (κ2) is 6.60. The third-order valence-corrected chi connectivity index (χ3v) is 4.42. The van der Waals surface area contributed by atoms with Crippen molar-refractivity contribution < 1.29 is 14.7 Å². The Bertz CT molecular complexity index is 783. The van der Waals surface area contributed by atoms with Crippen LogP contribution in [0, 0.1) is 5.92 Å². The van der Waals surface area contributed by atoms with Crippen molar-refractivity contribution in [3.63, 3.8) is 0 Å². The number of amides is 1. The molecule has 1 saturated carbocycles. The molecule has 0 aliphatic heterocycles. The van der Waals surface area contributed by atoms with Crippen molar-refractivity contribution in [1.82, 2.24) is 20.3 Å². The lowest BCUT2D eigenvalue weighted by atomic mass is 9.80. The predicted molar refractivity (Wildman–Crippen MR) is 87.4 cm³/mol. The summed E-state index contributed by atoms with van der Waals surface area (Å²) in [4.78, 5) is 23.2. The molecule has 0 unspecified atom stereocenters. The maximum absolute atomic E-state index is 12.4. The lowest BCUT2D eigenvalue weighted by Gasteiger charge is -2.32. The van der Waals surface area contributed by atoms with Crippen molar-refractivity contribution in [1.29, 1.82) is 0 Å². The minimum absolute atomic E-state index is 0.125. The SMILES string of the molecule is CCc1c(C(=O)NC2CC(C(=O)O)C2)nnn1-c1cccc(Cl)c1. The van der Waals surface area contributed by atoms with Gasteiger partial charge in [-0.05, 0) is 37.5 Å². The van der Waals surface area contributed by atoms with E-state index in [2.05, 4.69) is 15.6 Å². The van der Waals surface area contributed by atoms with Crippen molar-refractivity contribution in [2.75, 3.05) is 0 Å². The standard InChI is InChI=1S/C16H17ClN4O3/c1-2-13-14(15(22)18-11-6-9(7-11)16(23)24)19-20-21(13)12-5-3-4-10(17)8-12/h3-5,8-9,11H,2,6-7H2,1H3,(H,18,22)(H,23,24). The summed E-state index contributed by atoms with van der Waals surface area (Å²) < 4.78 is 1.60. The predicted octanol–water partition coefficient (Wildman–Crippen LogP) is 2.08. The Morgan fingerprint density at radius 3 is 2.79 bits per heavy atom. The normalized spacial score (nSPS) is 19.6. The lowest BCUT2D eigenvalue weighted by molar-refractivity contribution is -0.145. The molecule has 1 amide bonds. The number of hydrogen-bond acceptors (Lipinski definition) is 4. The molecule has 0 bridgehead atoms. The first-order valence-corrected chi connectivity index (χ1v) is 8.11. The first-order chi connectivity index (χ1) is 11.5. The van der Waals surface area contributed by atoms with Gasteiger partial charge in [0, 0.05) is 11.1 Å². The van der Waals surface area contributed by atoms with Gasteiger partial charge in [0.1, 0.15) is 0 Å². The quantitative estimate of drug-likeness (QED) is 0.862. The number of aliphatic carboxylic acids is 1. The highest BCUT2D eigenvalue weighted by atomic mass is 35.5. The van der Waals surface area contributed by atoms with Gasteiger partial charge in [-0.1, -0.05) is 29.8 Å². The van der Waals surface area contributed by atoms with Crippen LogP contribution < -0.4 is 5.32 Å². The monoisotopic (exact) mass is 348 g/mol. The third-order valence-electron chi connectivity index (χ3n) is 4.19. The fraction of sp³-hybridized carbons (Fsp3) is 0.375. The van der Waals surface area contributed by atoms with E-state index in [0.29, 0.717) is 30.0 Å². The Hall–Kier alpha value is -2.41. The smallest absolute Gasteiger partial charge is 0.306 e. The van der Waals surface area contributed by atoms with Crippen LogP contribution in [-0.4, -0.2) is 38.0 Å². The molecule has 0 atom stereocenters. The van der Waals surface area contributed by atoms with Gasteiger partial charge in [-0.3, -0.25) is 9.59 Å². The second-order valence-corrected chi connectivity index (χ2v) is 6.24. The summed E-state index contributed by atoms with van der Waals surface area (Å²) in [5.74, 6) is -1.52. The van der Waals surface area contributed by atoms with Gasteiger partial charge in [-0.25, -0.2) is 4.68 Å². The number of rotatable bonds is 5. The van der Waals surface area contributed by atoms with Crippen molar-refractivity contribution in [2.24, 2.45) is 5.92 Å². The van der Waals surface area contributed by atoms with E-state index in [4.69, 9.17) is 16.7 Å². The minimum Gasteiger partial charge on any atom is -0.481 e. The molecule has 1 heterocycles. The molecule has 0 spiro atoms. The summed E-state index contributed by atoms with van der Waals surface area (Å²) in [6.45, 7) is 1.92. The topological polar surface area (TPSA) is 97.1 Å². The Morgan fingerprint density at radius 2 is 2.17 bits per heavy atom. The van der Waals surface area contributed by atoms with Crippen LogP contribution in [0.5, 0.6) is 0 Å². The number of hydrogen-bond donors (Lipinski definition) is 2. The van der Waals surface area contributed by atoms with Crippen LogP contribution >= 0.6 is 11.6 Å². The molecule has 24 heavy (non-hydrogen) atoms. The van der Waals surface area contributed by atoms with E-state index >= 15 is 0 Å². The maximum Gasteiger partial charge on any atom is 0.306 e. The first kappa shape index (κ1) is 16.4. The molecule has 1 aliphatic carbocycles. The van der Waals surface area contributed by atoms with E-state index in [9.17, 15) is 9.59 Å². The summed E-state index contributed by atoms with van der Waals surface area (Å²) in [6, 6.07) is 7.03. The van der Waals surface area contributed by atoms with Gasteiger partial charge < -0.3 is 10.4 Å². The number of carbonyl (C=O) groups is 2. The molecule has 8 heteroatoms. The number of halogens is 1. The molecule has 2 aromatic rings. The number of carboxylic acid groups (broad SMARTS) is 1. The highest BCUT2D eigenvalue weighted by Gasteiger charge is 2.36. The summed E-state index contributed by atoms with van der Waals surface area (Å²) in [7, 11) is 0. The van der Waals surface area contributed by atoms with Crippen LogP contribution in [0.25, 0.3) is 5.69 Å². The van der Waals surface area contributed by atoms with E-state index in [0.717, 1.165) is 5.69 Å². The largest absolute Gasteiger partial charge is 0.481 e. The molecule has 126 valence electrons. The van der Waals surface area contributed by atoms with Gasteiger partial charge >= 0.3 is 5.97 Å². The zero-order valence-electron chi connectivity index (χ0n) is 13.1. The number of benzene rings is 1. The van der Waals surface area contributed by atoms with Crippen molar-refractivity contribution in [3.8, 4) is 5.69 Å². The van der Waals surface area contributed by atoms with Crippen molar-refractivity contribution in [2.45, 2.75) is 32.2 Å². The van der Waals surface area contributed by atoms with Crippen LogP contribution in [0.15, 0.2) is 24.3 Å². The second-order valence-electron chi connectivity index (χ2n) is 5.81. The highest BCUT2D eigenvalue weighted by molar-refractivity contribution is 6.30. The fourth-order valence-electron chi connectivity index (χ4n) is 2.80. The Morgan fingerprint density at radius 1 is 1.42 bits per heavy atom. The van der Waals surface area contributed by atoms with Crippen LogP contribution in [-0.2, 0) is 11.2 Å². The fourth-order valence-corrected chi connectivity index (χ4v) is 2.99. The number of nitrogens with one attached hydrogen (secondary N) is 1. The zero-order chi connectivity index (χ0) is 17.3. The summed E-state index contributed by atoms with van der Waals surface area (Å²) in [5, 5.41) is 20.4. The van der Waals surface area contributed by atoms with Crippen LogP contribution in [0.2, 0.25) is 5.02 Å². The van der Waals surface area contributed by atoms with E-state index < -0.39 is 5.97 Å². The average Bonchev–Trinajstić information content (AvgIpc) is 2.93. The van der Waals surface area contributed by atoms with Gasteiger partial charge in [-0.15, -0.1) is 5.10 Å². The number of nitrogens with zero attached hydrogens (tertiary/aromatic N) is 3. The summed E-state index contributed by atoms with van der Waals surface area (Å²) >= 11 is 6.01. The molecular weight excluding hydrogens is 332 g/mol. The third kappa shape index (κ3) is 3.12. The Labute approximate surface area is 143 Å². The molecule has 0 radical (unpaired) electrons. The first-order valence-electron chi connectivity index (χ1n) is 7.73. The molecule has 1 aromatic heterocycles. The Balaban J connectivity index is 1.77. The van der Waals surface area contributed by atoms with Gasteiger partial charge in [0.05, 0.1) is 17.3 Å². The van der Waals surface area contributed by atoms with E-state index in [-0.39, 0.29) is 23.6 Å². The Kier molecular flexibility index (Phi) is 4.53. The molecule has 3 rings (SSSR count). The van der Waals surface area contributed by atoms with Gasteiger partial charge in [0.2, 0.25) is 0 Å². The van der Waals surface area contributed by atoms with Gasteiger partial charge in [0.15, 0.2) is 5.69 Å². The van der Waals surface area contributed by atoms with E-state index in [1.165, 1.54) is 0 Å². The minimum atomic E-state index is -0.818. The van der Waals surface area contributed by atoms with Crippen LogP contribution in [0.3, 0.4) is 0 Å². The number of carbonyl (C=O) groups excluding carboxylic acids is 1. The summed E-state index contributed by atoms with van der Waals surface area (Å²) in [5.41, 5.74) is 1.68. The number of carboxylic acids is 1. The molecular formula is C16H17ClN4O3. The maximum atomic E-state index is 12.4. The zero-order valence-corrected chi connectivity index (χ0v) is 13.8. The number of aromatic nitrogens is 3. The molecule has 1 aliphatic rings. The van der Waals surface area contributed by atoms with Crippen molar-refractivity contribution in [3.05, 3.63) is 40.7 Å².